The lowest BCUT2D eigenvalue weighted by atomic mass is 10.0. The van der Waals surface area contributed by atoms with E-state index in [1.165, 1.54) is 6.42 Å². The first-order valence-electron chi connectivity index (χ1n) is 7.42. The maximum absolute atomic E-state index is 14.0. The van der Waals surface area contributed by atoms with Gasteiger partial charge in [0.05, 0.1) is 6.04 Å². The summed E-state index contributed by atoms with van der Waals surface area (Å²) in [5.41, 5.74) is 5.95. The Morgan fingerprint density at radius 1 is 1.10 bits per heavy atom. The van der Waals surface area contributed by atoms with Crippen molar-refractivity contribution < 1.29 is 13.2 Å². The third-order valence-corrected chi connectivity index (χ3v) is 4.68. The van der Waals surface area contributed by atoms with Gasteiger partial charge in [-0.25, -0.2) is 13.2 Å². The molecular formula is C15H20F3N3. The molecule has 116 valence electrons. The molecule has 0 amide bonds. The molecule has 6 heteroatoms. The van der Waals surface area contributed by atoms with Crippen LogP contribution in [0.4, 0.5) is 13.2 Å². The summed E-state index contributed by atoms with van der Waals surface area (Å²) >= 11 is 0. The standard InChI is InChI=1S/C15H20F3N3/c16-12-7-14(18)13(17)6-11(12)15(8-19)21-5-4-20-3-1-2-10(20)9-21/h6-7,10,15H,1-5,8-9,19H2. The first kappa shape index (κ1) is 14.8. The highest BCUT2D eigenvalue weighted by molar-refractivity contribution is 5.24. The van der Waals surface area contributed by atoms with E-state index < -0.39 is 23.5 Å². The van der Waals surface area contributed by atoms with Crippen LogP contribution in [0.3, 0.4) is 0 Å². The largest absolute Gasteiger partial charge is 0.329 e. The number of hydrogen-bond acceptors (Lipinski definition) is 3. The number of rotatable bonds is 3. The Labute approximate surface area is 122 Å². The third-order valence-electron chi connectivity index (χ3n) is 4.68. The molecule has 2 saturated heterocycles. The van der Waals surface area contributed by atoms with Gasteiger partial charge in [0.15, 0.2) is 11.6 Å². The average molecular weight is 299 g/mol. The normalized spacial score (nSPS) is 25.0. The van der Waals surface area contributed by atoms with Crippen LogP contribution in [0, 0.1) is 17.5 Å². The second-order valence-corrected chi connectivity index (χ2v) is 5.87. The molecule has 2 aliphatic heterocycles. The van der Waals surface area contributed by atoms with Crippen molar-refractivity contribution in [2.45, 2.75) is 24.9 Å². The van der Waals surface area contributed by atoms with Gasteiger partial charge < -0.3 is 5.73 Å². The van der Waals surface area contributed by atoms with Gasteiger partial charge in [0.2, 0.25) is 0 Å². The number of piperazine rings is 1. The maximum Gasteiger partial charge on any atom is 0.161 e. The van der Waals surface area contributed by atoms with Gasteiger partial charge in [0, 0.05) is 43.9 Å². The molecule has 2 heterocycles. The molecule has 1 aromatic rings. The summed E-state index contributed by atoms with van der Waals surface area (Å²) in [6.45, 7) is 3.81. The van der Waals surface area contributed by atoms with E-state index in [-0.39, 0.29) is 12.1 Å². The quantitative estimate of drug-likeness (QED) is 0.865. The lowest BCUT2D eigenvalue weighted by Crippen LogP contribution is -2.52. The minimum Gasteiger partial charge on any atom is -0.329 e. The lowest BCUT2D eigenvalue weighted by molar-refractivity contribution is 0.0723. The summed E-state index contributed by atoms with van der Waals surface area (Å²) in [5.74, 6) is -2.91. The van der Waals surface area contributed by atoms with Crippen molar-refractivity contribution in [3.63, 3.8) is 0 Å². The van der Waals surface area contributed by atoms with Gasteiger partial charge >= 0.3 is 0 Å². The van der Waals surface area contributed by atoms with Crippen LogP contribution in [0.25, 0.3) is 0 Å². The molecule has 21 heavy (non-hydrogen) atoms. The van der Waals surface area contributed by atoms with E-state index in [4.69, 9.17) is 5.73 Å². The average Bonchev–Trinajstić information content (AvgIpc) is 2.92. The predicted molar refractivity (Wildman–Crippen MR) is 74.3 cm³/mol. The number of benzene rings is 1. The van der Waals surface area contributed by atoms with E-state index in [0.29, 0.717) is 12.1 Å². The molecular weight excluding hydrogens is 279 g/mol. The Morgan fingerprint density at radius 3 is 2.62 bits per heavy atom. The minimum atomic E-state index is -1.16. The van der Waals surface area contributed by atoms with Crippen molar-refractivity contribution in [1.82, 2.24) is 9.80 Å². The molecule has 1 aromatic carbocycles. The van der Waals surface area contributed by atoms with Crippen LogP contribution >= 0.6 is 0 Å². The van der Waals surface area contributed by atoms with Gasteiger partial charge in [-0.2, -0.15) is 0 Å². The summed E-state index contributed by atoms with van der Waals surface area (Å²) < 4.78 is 40.5. The SMILES string of the molecule is NCC(c1cc(F)c(F)cc1F)N1CCN2CCCC2C1. The zero-order valence-corrected chi connectivity index (χ0v) is 11.9. The molecule has 0 saturated carbocycles. The molecule has 2 fully saturated rings. The molecule has 3 rings (SSSR count). The minimum absolute atomic E-state index is 0.155. The monoisotopic (exact) mass is 299 g/mol. The smallest absolute Gasteiger partial charge is 0.161 e. The Morgan fingerprint density at radius 2 is 1.86 bits per heavy atom. The van der Waals surface area contributed by atoms with Crippen molar-refractivity contribution in [2.75, 3.05) is 32.7 Å². The third kappa shape index (κ3) is 2.80. The fourth-order valence-electron chi connectivity index (χ4n) is 3.56. The first-order valence-corrected chi connectivity index (χ1v) is 7.42. The van der Waals surface area contributed by atoms with Crippen molar-refractivity contribution in [2.24, 2.45) is 5.73 Å². The van der Waals surface area contributed by atoms with Crippen LogP contribution in [-0.4, -0.2) is 48.6 Å². The number of fused-ring (bicyclic) bond motifs is 1. The first-order chi connectivity index (χ1) is 10.1. The highest BCUT2D eigenvalue weighted by atomic mass is 19.2. The van der Waals surface area contributed by atoms with Crippen LogP contribution in [0.15, 0.2) is 12.1 Å². The molecule has 0 spiro atoms. The molecule has 0 aromatic heterocycles. The van der Waals surface area contributed by atoms with Crippen LogP contribution in [0.5, 0.6) is 0 Å². The summed E-state index contributed by atoms with van der Waals surface area (Å²) in [6, 6.07) is 1.63. The molecule has 2 atom stereocenters. The molecule has 2 aliphatic rings. The van der Waals surface area contributed by atoms with E-state index >= 15 is 0 Å². The molecule has 3 nitrogen and oxygen atoms in total. The lowest BCUT2D eigenvalue weighted by Gasteiger charge is -2.41. The van der Waals surface area contributed by atoms with Crippen molar-refractivity contribution >= 4 is 0 Å². The van der Waals surface area contributed by atoms with E-state index in [0.717, 1.165) is 38.7 Å². The van der Waals surface area contributed by atoms with Crippen molar-refractivity contribution in [3.8, 4) is 0 Å². The van der Waals surface area contributed by atoms with Crippen LogP contribution in [-0.2, 0) is 0 Å². The molecule has 0 aliphatic carbocycles. The predicted octanol–water partition coefficient (Wildman–Crippen LogP) is 1.88. The van der Waals surface area contributed by atoms with Gasteiger partial charge in [-0.15, -0.1) is 0 Å². The van der Waals surface area contributed by atoms with Crippen LogP contribution in [0.1, 0.15) is 24.4 Å². The summed E-state index contributed by atoms with van der Waals surface area (Å²) in [4.78, 5) is 4.54. The van der Waals surface area contributed by atoms with E-state index in [2.05, 4.69) is 9.80 Å². The molecule has 2 N–H and O–H groups in total. The Hall–Kier alpha value is -1.11. The summed E-state index contributed by atoms with van der Waals surface area (Å²) in [5, 5.41) is 0. The fourth-order valence-corrected chi connectivity index (χ4v) is 3.56. The van der Waals surface area contributed by atoms with Crippen molar-refractivity contribution in [1.29, 1.82) is 0 Å². The highest BCUT2D eigenvalue weighted by Gasteiger charge is 2.34. The second-order valence-electron chi connectivity index (χ2n) is 5.87. The Kier molecular flexibility index (Phi) is 4.19. The van der Waals surface area contributed by atoms with Gasteiger partial charge in [0.1, 0.15) is 5.82 Å². The number of nitrogens with zero attached hydrogens (tertiary/aromatic N) is 2. The van der Waals surface area contributed by atoms with Crippen molar-refractivity contribution in [3.05, 3.63) is 35.1 Å². The maximum atomic E-state index is 14.0. The number of nitrogens with two attached hydrogens (primary N) is 1. The number of hydrogen-bond donors (Lipinski definition) is 1. The zero-order valence-electron chi connectivity index (χ0n) is 11.9. The van der Waals surface area contributed by atoms with Gasteiger partial charge in [0.25, 0.3) is 0 Å². The van der Waals surface area contributed by atoms with Crippen LogP contribution < -0.4 is 5.73 Å². The van der Waals surface area contributed by atoms with Gasteiger partial charge in [-0.05, 0) is 25.5 Å². The molecule has 2 unspecified atom stereocenters. The van der Waals surface area contributed by atoms with Crippen LogP contribution in [0.2, 0.25) is 0 Å². The fraction of sp³-hybridized carbons (Fsp3) is 0.600. The topological polar surface area (TPSA) is 32.5 Å². The Bertz CT molecular complexity index is 523. The molecule has 0 bridgehead atoms. The summed E-state index contributed by atoms with van der Waals surface area (Å²) in [7, 11) is 0. The molecule has 0 radical (unpaired) electrons. The van der Waals surface area contributed by atoms with Gasteiger partial charge in [-0.1, -0.05) is 0 Å². The van der Waals surface area contributed by atoms with E-state index in [1.807, 2.05) is 0 Å². The highest BCUT2D eigenvalue weighted by Crippen LogP contribution is 2.29. The summed E-state index contributed by atoms with van der Waals surface area (Å²) in [6.07, 6.45) is 2.32. The van der Waals surface area contributed by atoms with E-state index in [1.54, 1.807) is 0 Å². The van der Waals surface area contributed by atoms with Gasteiger partial charge in [-0.3, -0.25) is 9.80 Å². The van der Waals surface area contributed by atoms with E-state index in [9.17, 15) is 13.2 Å². The number of halogens is 3. The second kappa shape index (κ2) is 5.94. The zero-order chi connectivity index (χ0) is 15.0. The Balaban J connectivity index is 1.83.